The molecule has 3 nitrogen and oxygen atoms in total. The minimum atomic E-state index is 0.206. The number of carbonyl (C=O) groups excluding carboxylic acids is 1. The van der Waals surface area contributed by atoms with Gasteiger partial charge in [-0.1, -0.05) is 13.8 Å². The number of nitrogens with zero attached hydrogens (tertiary/aromatic N) is 2. The molecular formula is C12H18N2OS. The SMILES string of the molecule is CC1CN(CC(C)c2nccs2)CCC1=O. The molecule has 1 fully saturated rings. The van der Waals surface area contributed by atoms with Crippen LogP contribution in [0.2, 0.25) is 0 Å². The fourth-order valence-corrected chi connectivity index (χ4v) is 2.89. The van der Waals surface area contributed by atoms with E-state index in [-0.39, 0.29) is 5.92 Å². The molecule has 2 atom stereocenters. The molecule has 1 aliphatic heterocycles. The lowest BCUT2D eigenvalue weighted by Crippen LogP contribution is -2.41. The second kappa shape index (κ2) is 5.06. The number of hydrogen-bond acceptors (Lipinski definition) is 4. The van der Waals surface area contributed by atoms with Gasteiger partial charge in [0, 0.05) is 49.5 Å². The quantitative estimate of drug-likeness (QED) is 0.809. The molecule has 1 aliphatic rings. The highest BCUT2D eigenvalue weighted by Crippen LogP contribution is 2.21. The van der Waals surface area contributed by atoms with E-state index in [0.29, 0.717) is 18.1 Å². The van der Waals surface area contributed by atoms with Gasteiger partial charge >= 0.3 is 0 Å². The molecule has 2 rings (SSSR count). The molecule has 2 unspecified atom stereocenters. The second-order valence-electron chi connectivity index (χ2n) is 4.65. The van der Waals surface area contributed by atoms with Gasteiger partial charge in [0.05, 0.1) is 5.01 Å². The van der Waals surface area contributed by atoms with Crippen molar-refractivity contribution < 1.29 is 4.79 Å². The molecule has 0 aliphatic carbocycles. The zero-order chi connectivity index (χ0) is 11.5. The minimum Gasteiger partial charge on any atom is -0.302 e. The average molecular weight is 238 g/mol. The lowest BCUT2D eigenvalue weighted by Gasteiger charge is -2.31. The highest BCUT2D eigenvalue weighted by molar-refractivity contribution is 7.09. The van der Waals surface area contributed by atoms with Gasteiger partial charge in [-0.3, -0.25) is 4.79 Å². The van der Waals surface area contributed by atoms with Gasteiger partial charge in [-0.05, 0) is 0 Å². The number of likely N-dealkylation sites (tertiary alicyclic amines) is 1. The van der Waals surface area contributed by atoms with E-state index < -0.39 is 0 Å². The van der Waals surface area contributed by atoms with E-state index in [9.17, 15) is 4.79 Å². The van der Waals surface area contributed by atoms with Crippen LogP contribution in [0, 0.1) is 5.92 Å². The number of rotatable bonds is 3. The summed E-state index contributed by atoms with van der Waals surface area (Å²) in [5.41, 5.74) is 0. The van der Waals surface area contributed by atoms with Crippen molar-refractivity contribution in [3.63, 3.8) is 0 Å². The van der Waals surface area contributed by atoms with Crippen LogP contribution < -0.4 is 0 Å². The van der Waals surface area contributed by atoms with Gasteiger partial charge in [0.25, 0.3) is 0 Å². The van der Waals surface area contributed by atoms with Gasteiger partial charge in [-0.2, -0.15) is 0 Å². The Morgan fingerprint density at radius 3 is 3.12 bits per heavy atom. The predicted molar refractivity (Wildman–Crippen MR) is 65.8 cm³/mol. The van der Waals surface area contributed by atoms with Crippen LogP contribution in [0.3, 0.4) is 0 Å². The highest BCUT2D eigenvalue weighted by Gasteiger charge is 2.24. The number of Topliss-reactive ketones (excluding diaryl/α,β-unsaturated/α-hetero) is 1. The van der Waals surface area contributed by atoms with Gasteiger partial charge in [0.2, 0.25) is 0 Å². The van der Waals surface area contributed by atoms with Crippen molar-refractivity contribution in [1.82, 2.24) is 9.88 Å². The molecule has 1 saturated heterocycles. The number of aromatic nitrogens is 1. The molecule has 1 aromatic heterocycles. The van der Waals surface area contributed by atoms with E-state index in [1.54, 1.807) is 11.3 Å². The Hall–Kier alpha value is -0.740. The summed E-state index contributed by atoms with van der Waals surface area (Å²) >= 11 is 1.72. The normalized spacial score (nSPS) is 24.6. The van der Waals surface area contributed by atoms with Gasteiger partial charge < -0.3 is 4.90 Å². The molecule has 0 radical (unpaired) electrons. The zero-order valence-electron chi connectivity index (χ0n) is 9.85. The fraction of sp³-hybridized carbons (Fsp3) is 0.667. The van der Waals surface area contributed by atoms with E-state index in [0.717, 1.165) is 19.6 Å². The van der Waals surface area contributed by atoms with E-state index >= 15 is 0 Å². The molecule has 2 heterocycles. The van der Waals surface area contributed by atoms with E-state index in [2.05, 4.69) is 16.8 Å². The summed E-state index contributed by atoms with van der Waals surface area (Å²) in [6.07, 6.45) is 2.57. The molecule has 0 spiro atoms. The Kier molecular flexibility index (Phi) is 3.71. The maximum absolute atomic E-state index is 11.4. The summed E-state index contributed by atoms with van der Waals surface area (Å²) in [6, 6.07) is 0. The number of hydrogen-bond donors (Lipinski definition) is 0. The summed E-state index contributed by atoms with van der Waals surface area (Å²) in [4.78, 5) is 18.1. The molecule has 0 saturated carbocycles. The van der Waals surface area contributed by atoms with Gasteiger partial charge in [0.15, 0.2) is 0 Å². The minimum absolute atomic E-state index is 0.206. The van der Waals surface area contributed by atoms with Crippen molar-refractivity contribution in [3.8, 4) is 0 Å². The molecule has 0 N–H and O–H groups in total. The summed E-state index contributed by atoms with van der Waals surface area (Å²) in [5, 5.41) is 3.22. The van der Waals surface area contributed by atoms with E-state index in [1.807, 2.05) is 18.5 Å². The maximum atomic E-state index is 11.4. The van der Waals surface area contributed by atoms with Crippen LogP contribution >= 0.6 is 11.3 Å². The van der Waals surface area contributed by atoms with E-state index in [4.69, 9.17) is 0 Å². The molecule has 1 aromatic rings. The zero-order valence-corrected chi connectivity index (χ0v) is 10.7. The lowest BCUT2D eigenvalue weighted by molar-refractivity contribution is -0.125. The Morgan fingerprint density at radius 1 is 1.69 bits per heavy atom. The molecule has 0 aromatic carbocycles. The Labute approximate surface area is 100 Å². The molecule has 16 heavy (non-hydrogen) atoms. The average Bonchev–Trinajstić information content (AvgIpc) is 2.77. The van der Waals surface area contributed by atoms with Crippen LogP contribution in [-0.2, 0) is 4.79 Å². The first-order valence-corrected chi connectivity index (χ1v) is 6.69. The van der Waals surface area contributed by atoms with Crippen LogP contribution in [0.5, 0.6) is 0 Å². The Morgan fingerprint density at radius 2 is 2.50 bits per heavy atom. The summed E-state index contributed by atoms with van der Waals surface area (Å²) in [5.74, 6) is 1.09. The van der Waals surface area contributed by atoms with Crippen LogP contribution in [0.4, 0.5) is 0 Å². The van der Waals surface area contributed by atoms with Crippen molar-refractivity contribution in [1.29, 1.82) is 0 Å². The molecule has 0 bridgehead atoms. The smallest absolute Gasteiger partial charge is 0.138 e. The standard InChI is InChI=1S/C12H18N2OS/c1-9-7-14(5-3-11(9)15)8-10(2)12-13-4-6-16-12/h4,6,9-10H,3,5,7-8H2,1-2H3. The molecule has 0 amide bonds. The topological polar surface area (TPSA) is 33.2 Å². The number of carbonyl (C=O) groups is 1. The fourth-order valence-electron chi connectivity index (χ4n) is 2.20. The van der Waals surface area contributed by atoms with Crippen molar-refractivity contribution in [2.24, 2.45) is 5.92 Å². The lowest BCUT2D eigenvalue weighted by atomic mass is 9.98. The first-order chi connectivity index (χ1) is 7.66. The third-order valence-corrected chi connectivity index (χ3v) is 4.17. The van der Waals surface area contributed by atoms with Crippen molar-refractivity contribution >= 4 is 17.1 Å². The van der Waals surface area contributed by atoms with Crippen molar-refractivity contribution in [2.45, 2.75) is 26.2 Å². The molecule has 88 valence electrons. The number of piperidine rings is 1. The van der Waals surface area contributed by atoms with Crippen LogP contribution in [0.25, 0.3) is 0 Å². The van der Waals surface area contributed by atoms with Crippen LogP contribution in [-0.4, -0.2) is 35.3 Å². The van der Waals surface area contributed by atoms with Crippen molar-refractivity contribution in [2.75, 3.05) is 19.6 Å². The molecule has 4 heteroatoms. The largest absolute Gasteiger partial charge is 0.302 e. The third-order valence-electron chi connectivity index (χ3n) is 3.16. The third kappa shape index (κ3) is 2.68. The number of thiazole rings is 1. The Bertz CT molecular complexity index is 350. The summed E-state index contributed by atoms with van der Waals surface area (Å²) in [7, 11) is 0. The summed E-state index contributed by atoms with van der Waals surface area (Å²) < 4.78 is 0. The van der Waals surface area contributed by atoms with Crippen LogP contribution in [0.1, 0.15) is 31.2 Å². The number of ketones is 1. The monoisotopic (exact) mass is 238 g/mol. The molecular weight excluding hydrogens is 220 g/mol. The van der Waals surface area contributed by atoms with Gasteiger partial charge in [-0.25, -0.2) is 4.98 Å². The van der Waals surface area contributed by atoms with Gasteiger partial charge in [0.1, 0.15) is 5.78 Å². The van der Waals surface area contributed by atoms with E-state index in [1.165, 1.54) is 5.01 Å². The predicted octanol–water partition coefficient (Wildman–Crippen LogP) is 2.16. The maximum Gasteiger partial charge on any atom is 0.138 e. The van der Waals surface area contributed by atoms with Crippen LogP contribution in [0.15, 0.2) is 11.6 Å². The second-order valence-corrected chi connectivity index (χ2v) is 5.57. The van der Waals surface area contributed by atoms with Gasteiger partial charge in [-0.15, -0.1) is 11.3 Å². The first-order valence-electron chi connectivity index (χ1n) is 5.81. The first kappa shape index (κ1) is 11.7. The highest BCUT2D eigenvalue weighted by atomic mass is 32.1. The van der Waals surface area contributed by atoms with Crippen molar-refractivity contribution in [3.05, 3.63) is 16.6 Å². The summed E-state index contributed by atoms with van der Waals surface area (Å²) in [6.45, 7) is 7.08. The Balaban J connectivity index is 1.88.